The number of hydrogen-bond acceptors (Lipinski definition) is 2. The maximum Gasteiger partial charge on any atom is 0.0490 e. The summed E-state index contributed by atoms with van der Waals surface area (Å²) < 4.78 is 13.0. The van der Waals surface area contributed by atoms with E-state index >= 15 is 0 Å². The Labute approximate surface area is 128 Å². The maximum atomic E-state index is 12.1. The number of benzene rings is 2. The van der Waals surface area contributed by atoms with E-state index in [0.29, 0.717) is 22.2 Å². The highest BCUT2D eigenvalue weighted by atomic mass is 79.9. The molecule has 2 aromatic rings. The van der Waals surface area contributed by atoms with Crippen LogP contribution in [-0.2, 0) is 22.3 Å². The molecular formula is C14H13BrClNOS. The van der Waals surface area contributed by atoms with Crippen LogP contribution in [0.5, 0.6) is 0 Å². The Hall–Kier alpha value is -0.840. The van der Waals surface area contributed by atoms with Gasteiger partial charge in [0.15, 0.2) is 0 Å². The highest BCUT2D eigenvalue weighted by Crippen LogP contribution is 2.19. The minimum absolute atomic E-state index is 0.492. The molecule has 0 amide bonds. The van der Waals surface area contributed by atoms with Crippen LogP contribution in [-0.4, -0.2) is 4.21 Å². The molecule has 0 heterocycles. The van der Waals surface area contributed by atoms with Gasteiger partial charge >= 0.3 is 0 Å². The lowest BCUT2D eigenvalue weighted by Gasteiger charge is -2.05. The Morgan fingerprint density at radius 1 is 1.05 bits per heavy atom. The average molecular weight is 359 g/mol. The van der Waals surface area contributed by atoms with Gasteiger partial charge in [0.2, 0.25) is 0 Å². The fraction of sp³-hybridized carbons (Fsp3) is 0.143. The summed E-state index contributed by atoms with van der Waals surface area (Å²) in [6, 6.07) is 13.0. The number of rotatable bonds is 4. The molecule has 0 bridgehead atoms. The van der Waals surface area contributed by atoms with Gasteiger partial charge in [-0.1, -0.05) is 39.7 Å². The smallest absolute Gasteiger partial charge is 0.0490 e. The largest absolute Gasteiger partial charge is 0.399 e. The average Bonchev–Trinajstić information content (AvgIpc) is 2.30. The summed E-state index contributed by atoms with van der Waals surface area (Å²) in [5.41, 5.74) is 8.43. The summed E-state index contributed by atoms with van der Waals surface area (Å²) in [6.45, 7) is 0. The quantitative estimate of drug-likeness (QED) is 0.835. The van der Waals surface area contributed by atoms with Crippen molar-refractivity contribution in [3.63, 3.8) is 0 Å². The van der Waals surface area contributed by atoms with Gasteiger partial charge in [-0.3, -0.25) is 4.21 Å². The lowest BCUT2D eigenvalue weighted by atomic mass is 10.2. The van der Waals surface area contributed by atoms with Gasteiger partial charge in [0.1, 0.15) is 0 Å². The molecule has 0 saturated heterocycles. The first-order valence-corrected chi connectivity index (χ1v) is 8.33. The molecule has 2 N–H and O–H groups in total. The van der Waals surface area contributed by atoms with Gasteiger partial charge in [0.25, 0.3) is 0 Å². The van der Waals surface area contributed by atoms with Crippen LogP contribution in [0.4, 0.5) is 5.69 Å². The summed E-state index contributed by atoms with van der Waals surface area (Å²) in [7, 11) is -0.965. The van der Waals surface area contributed by atoms with Gasteiger partial charge in [-0.15, -0.1) is 0 Å². The second kappa shape index (κ2) is 6.55. The third-order valence-electron chi connectivity index (χ3n) is 2.55. The number of anilines is 1. The molecule has 0 aliphatic carbocycles. The maximum absolute atomic E-state index is 12.1. The highest BCUT2D eigenvalue weighted by molar-refractivity contribution is 9.10. The summed E-state index contributed by atoms with van der Waals surface area (Å²) >= 11 is 9.20. The highest BCUT2D eigenvalue weighted by Gasteiger charge is 2.05. The minimum atomic E-state index is -0.965. The normalized spacial score (nSPS) is 12.3. The van der Waals surface area contributed by atoms with Crippen molar-refractivity contribution in [3.8, 4) is 0 Å². The lowest BCUT2D eigenvalue weighted by molar-refractivity contribution is 0.682. The first-order valence-electron chi connectivity index (χ1n) is 5.67. The molecule has 100 valence electrons. The van der Waals surface area contributed by atoms with Crippen molar-refractivity contribution in [3.05, 3.63) is 63.1 Å². The Bertz CT molecular complexity index is 581. The Balaban J connectivity index is 2.03. The summed E-state index contributed by atoms with van der Waals surface area (Å²) in [5.74, 6) is 1.01. The molecule has 0 aromatic heterocycles. The van der Waals surface area contributed by atoms with Crippen LogP contribution in [0.15, 0.2) is 46.9 Å². The SMILES string of the molecule is Nc1cc(Br)cc(CS(=O)Cc2ccc(Cl)cc2)c1. The van der Waals surface area contributed by atoms with Crippen LogP contribution in [0.3, 0.4) is 0 Å². The van der Waals surface area contributed by atoms with Crippen molar-refractivity contribution >= 4 is 44.0 Å². The van der Waals surface area contributed by atoms with Gasteiger partial charge in [0.05, 0.1) is 0 Å². The summed E-state index contributed by atoms with van der Waals surface area (Å²) in [6.07, 6.45) is 0. The molecule has 0 aliphatic heterocycles. The standard InChI is InChI=1S/C14H13BrClNOS/c15-12-5-11(6-14(17)7-12)9-19(18)8-10-1-3-13(16)4-2-10/h1-7H,8-9,17H2. The van der Waals surface area contributed by atoms with E-state index in [1.165, 1.54) is 0 Å². The molecule has 5 heteroatoms. The van der Waals surface area contributed by atoms with Crippen molar-refractivity contribution in [2.75, 3.05) is 5.73 Å². The topological polar surface area (TPSA) is 43.1 Å². The summed E-state index contributed by atoms with van der Waals surface area (Å²) in [4.78, 5) is 0. The first kappa shape index (κ1) is 14.6. The predicted molar refractivity (Wildman–Crippen MR) is 85.6 cm³/mol. The van der Waals surface area contributed by atoms with Crippen LogP contribution in [0.25, 0.3) is 0 Å². The first-order chi connectivity index (χ1) is 9.02. The van der Waals surface area contributed by atoms with E-state index in [-0.39, 0.29) is 0 Å². The molecule has 19 heavy (non-hydrogen) atoms. The second-order valence-electron chi connectivity index (χ2n) is 4.25. The molecule has 0 saturated carbocycles. The lowest BCUT2D eigenvalue weighted by Crippen LogP contribution is -2.00. The zero-order valence-corrected chi connectivity index (χ0v) is 13.3. The van der Waals surface area contributed by atoms with Gasteiger partial charge in [-0.25, -0.2) is 0 Å². The number of halogens is 2. The van der Waals surface area contributed by atoms with Gasteiger partial charge in [0, 0.05) is 37.5 Å². The second-order valence-corrected chi connectivity index (χ2v) is 7.06. The zero-order valence-electron chi connectivity index (χ0n) is 10.1. The van der Waals surface area contributed by atoms with Crippen LogP contribution in [0.1, 0.15) is 11.1 Å². The van der Waals surface area contributed by atoms with Gasteiger partial charge in [-0.2, -0.15) is 0 Å². The van der Waals surface area contributed by atoms with E-state index < -0.39 is 10.8 Å². The van der Waals surface area contributed by atoms with Crippen molar-refractivity contribution in [2.24, 2.45) is 0 Å². The number of nitrogens with two attached hydrogens (primary N) is 1. The summed E-state index contributed by atoms with van der Waals surface area (Å²) in [5, 5.41) is 0.689. The molecule has 2 rings (SSSR count). The van der Waals surface area contributed by atoms with E-state index in [1.807, 2.05) is 42.5 Å². The fourth-order valence-electron chi connectivity index (χ4n) is 1.76. The monoisotopic (exact) mass is 357 g/mol. The molecule has 2 nitrogen and oxygen atoms in total. The van der Waals surface area contributed by atoms with Crippen LogP contribution in [0, 0.1) is 0 Å². The third-order valence-corrected chi connectivity index (χ3v) is 4.57. The molecule has 2 aromatic carbocycles. The fourth-order valence-corrected chi connectivity index (χ4v) is 3.65. The van der Waals surface area contributed by atoms with Crippen LogP contribution < -0.4 is 5.73 Å². The Morgan fingerprint density at radius 2 is 1.68 bits per heavy atom. The number of nitrogen functional groups attached to an aromatic ring is 1. The van der Waals surface area contributed by atoms with Crippen molar-refractivity contribution in [1.29, 1.82) is 0 Å². The molecule has 0 spiro atoms. The van der Waals surface area contributed by atoms with Crippen molar-refractivity contribution < 1.29 is 4.21 Å². The van der Waals surface area contributed by atoms with Crippen LogP contribution >= 0.6 is 27.5 Å². The third kappa shape index (κ3) is 4.64. The molecule has 0 fully saturated rings. The van der Waals surface area contributed by atoms with Crippen LogP contribution in [0.2, 0.25) is 5.02 Å². The van der Waals surface area contributed by atoms with E-state index in [4.69, 9.17) is 17.3 Å². The Kier molecular flexibility index (Phi) is 5.02. The molecule has 0 aliphatic rings. The van der Waals surface area contributed by atoms with E-state index in [1.54, 1.807) is 0 Å². The van der Waals surface area contributed by atoms with Gasteiger partial charge < -0.3 is 5.73 Å². The zero-order chi connectivity index (χ0) is 13.8. The van der Waals surface area contributed by atoms with E-state index in [2.05, 4.69) is 15.9 Å². The number of hydrogen-bond donors (Lipinski definition) is 1. The molecular weight excluding hydrogens is 346 g/mol. The van der Waals surface area contributed by atoms with E-state index in [0.717, 1.165) is 15.6 Å². The molecule has 0 radical (unpaired) electrons. The molecule has 1 atom stereocenters. The van der Waals surface area contributed by atoms with Gasteiger partial charge in [-0.05, 0) is 41.5 Å². The Morgan fingerprint density at radius 3 is 2.32 bits per heavy atom. The molecule has 1 unspecified atom stereocenters. The van der Waals surface area contributed by atoms with E-state index in [9.17, 15) is 4.21 Å². The van der Waals surface area contributed by atoms with Crippen molar-refractivity contribution in [2.45, 2.75) is 11.5 Å². The predicted octanol–water partition coefficient (Wildman–Crippen LogP) is 4.13. The minimum Gasteiger partial charge on any atom is -0.399 e. The van der Waals surface area contributed by atoms with Crippen molar-refractivity contribution in [1.82, 2.24) is 0 Å².